The third-order valence-electron chi connectivity index (χ3n) is 3.52. The molecule has 0 saturated carbocycles. The normalized spacial score (nSPS) is 38.0. The second-order valence-electron chi connectivity index (χ2n) is 4.60. The number of likely N-dealkylation sites (tertiary alicyclic amines) is 2. The zero-order chi connectivity index (χ0) is 8.72. The molecule has 2 atom stereocenters. The first kappa shape index (κ1) is 8.52. The molecule has 0 radical (unpaired) electrons. The molecule has 2 fully saturated rings. The smallest absolute Gasteiger partial charge is 0.0240 e. The van der Waals surface area contributed by atoms with E-state index in [0.29, 0.717) is 0 Å². The maximum absolute atomic E-state index is 2.67. The highest BCUT2D eigenvalue weighted by molar-refractivity contribution is 4.95. The Bertz CT molecular complexity index is 165. The van der Waals surface area contributed by atoms with Crippen LogP contribution in [-0.2, 0) is 0 Å². The molecule has 0 aromatic rings. The lowest BCUT2D eigenvalue weighted by Gasteiger charge is -2.35. The molecule has 0 N–H and O–H groups in total. The first-order chi connectivity index (χ1) is 5.68. The first-order valence-electron chi connectivity index (χ1n) is 5.14. The Morgan fingerprint density at radius 3 is 2.67 bits per heavy atom. The van der Waals surface area contributed by atoms with E-state index in [4.69, 9.17) is 0 Å². The van der Waals surface area contributed by atoms with Crippen molar-refractivity contribution >= 4 is 0 Å². The fourth-order valence-electron chi connectivity index (χ4n) is 2.79. The van der Waals surface area contributed by atoms with Crippen molar-refractivity contribution in [2.75, 3.05) is 20.1 Å². The number of nitrogens with zero attached hydrogens (tertiary/aromatic N) is 2. The van der Waals surface area contributed by atoms with Crippen molar-refractivity contribution in [2.24, 2.45) is 0 Å². The summed E-state index contributed by atoms with van der Waals surface area (Å²) in [5.74, 6) is 0. The van der Waals surface area contributed by atoms with Crippen LogP contribution in [0.1, 0.15) is 26.7 Å². The molecule has 0 aromatic carbocycles. The van der Waals surface area contributed by atoms with Gasteiger partial charge < -0.3 is 4.90 Å². The van der Waals surface area contributed by atoms with Crippen molar-refractivity contribution in [1.82, 2.24) is 9.80 Å². The van der Waals surface area contributed by atoms with Gasteiger partial charge in [-0.1, -0.05) is 0 Å². The molecule has 12 heavy (non-hydrogen) atoms. The average molecular weight is 168 g/mol. The highest BCUT2D eigenvalue weighted by atomic mass is 15.3. The molecule has 2 unspecified atom stereocenters. The third kappa shape index (κ3) is 1.27. The van der Waals surface area contributed by atoms with Crippen molar-refractivity contribution in [1.29, 1.82) is 0 Å². The number of hydrogen-bond acceptors (Lipinski definition) is 2. The van der Waals surface area contributed by atoms with Crippen LogP contribution in [0.4, 0.5) is 0 Å². The maximum atomic E-state index is 2.67. The summed E-state index contributed by atoms with van der Waals surface area (Å²) in [5, 5.41) is 0. The van der Waals surface area contributed by atoms with E-state index in [0.717, 1.165) is 18.1 Å². The Kier molecular flexibility index (Phi) is 2.13. The number of hydrogen-bond donors (Lipinski definition) is 0. The van der Waals surface area contributed by atoms with Crippen LogP contribution >= 0.6 is 0 Å². The minimum atomic E-state index is 0.738. The summed E-state index contributed by atoms with van der Waals surface area (Å²) in [6.45, 7) is 7.25. The molecule has 2 aliphatic rings. The zero-order valence-electron chi connectivity index (χ0n) is 8.45. The van der Waals surface area contributed by atoms with Gasteiger partial charge in [-0.2, -0.15) is 0 Å². The molecule has 0 spiro atoms. The largest absolute Gasteiger partial charge is 0.302 e. The highest BCUT2D eigenvalue weighted by Crippen LogP contribution is 2.29. The van der Waals surface area contributed by atoms with Crippen molar-refractivity contribution in [2.45, 2.75) is 44.8 Å². The van der Waals surface area contributed by atoms with Crippen molar-refractivity contribution in [3.63, 3.8) is 0 Å². The lowest BCUT2D eigenvalue weighted by molar-refractivity contribution is 0.136. The molecule has 2 heteroatoms. The minimum absolute atomic E-state index is 0.738. The molecular weight excluding hydrogens is 148 g/mol. The molecule has 70 valence electrons. The summed E-state index contributed by atoms with van der Waals surface area (Å²) in [6.07, 6.45) is 2.79. The second-order valence-corrected chi connectivity index (χ2v) is 4.60. The summed E-state index contributed by atoms with van der Waals surface area (Å²) < 4.78 is 0. The van der Waals surface area contributed by atoms with Gasteiger partial charge in [0.2, 0.25) is 0 Å². The number of piperidine rings is 1. The summed E-state index contributed by atoms with van der Waals surface area (Å²) in [5.41, 5.74) is 0. The SMILES string of the molecule is CC(C)N1CCC2CC1CN2C. The van der Waals surface area contributed by atoms with Crippen LogP contribution in [0.2, 0.25) is 0 Å². The number of rotatable bonds is 1. The van der Waals surface area contributed by atoms with E-state index in [9.17, 15) is 0 Å². The highest BCUT2D eigenvalue weighted by Gasteiger charge is 2.38. The van der Waals surface area contributed by atoms with Gasteiger partial charge in [0.1, 0.15) is 0 Å². The standard InChI is InChI=1S/C10H20N2/c1-8(2)12-5-4-9-6-10(12)7-11(9)3/h8-10H,4-7H2,1-3H3. The monoisotopic (exact) mass is 168 g/mol. The number of likely N-dealkylation sites (N-methyl/N-ethyl adjacent to an activating group) is 1. The van der Waals surface area contributed by atoms with Crippen molar-refractivity contribution in [3.05, 3.63) is 0 Å². The van der Waals surface area contributed by atoms with Gasteiger partial charge in [0.15, 0.2) is 0 Å². The molecular formula is C10H20N2. The van der Waals surface area contributed by atoms with Crippen LogP contribution < -0.4 is 0 Å². The predicted molar refractivity (Wildman–Crippen MR) is 51.3 cm³/mol. The van der Waals surface area contributed by atoms with Crippen LogP contribution in [0.5, 0.6) is 0 Å². The zero-order valence-corrected chi connectivity index (χ0v) is 8.45. The molecule has 2 nitrogen and oxygen atoms in total. The van der Waals surface area contributed by atoms with E-state index in [1.807, 2.05) is 0 Å². The lowest BCUT2D eigenvalue weighted by Crippen LogP contribution is -2.44. The number of fused-ring (bicyclic) bond motifs is 2. The Morgan fingerprint density at radius 2 is 2.00 bits per heavy atom. The van der Waals surface area contributed by atoms with Crippen LogP contribution in [0.3, 0.4) is 0 Å². The maximum Gasteiger partial charge on any atom is 0.0240 e. The van der Waals surface area contributed by atoms with E-state index in [2.05, 4.69) is 30.7 Å². The summed E-state index contributed by atoms with van der Waals surface area (Å²) in [7, 11) is 2.27. The third-order valence-corrected chi connectivity index (χ3v) is 3.52. The molecule has 2 bridgehead atoms. The molecule has 0 aromatic heterocycles. The summed E-state index contributed by atoms with van der Waals surface area (Å²) in [6, 6.07) is 2.49. The summed E-state index contributed by atoms with van der Waals surface area (Å²) in [4.78, 5) is 5.20. The summed E-state index contributed by atoms with van der Waals surface area (Å²) >= 11 is 0. The van der Waals surface area contributed by atoms with E-state index in [1.165, 1.54) is 25.9 Å². The fourth-order valence-corrected chi connectivity index (χ4v) is 2.79. The topological polar surface area (TPSA) is 6.48 Å². The van der Waals surface area contributed by atoms with Gasteiger partial charge in [0.05, 0.1) is 0 Å². The Morgan fingerprint density at radius 1 is 1.25 bits per heavy atom. The Hall–Kier alpha value is -0.0800. The fraction of sp³-hybridized carbons (Fsp3) is 1.00. The van der Waals surface area contributed by atoms with Gasteiger partial charge >= 0.3 is 0 Å². The van der Waals surface area contributed by atoms with Gasteiger partial charge in [0, 0.05) is 31.2 Å². The average Bonchev–Trinajstić information content (AvgIpc) is 2.28. The molecule has 2 heterocycles. The van der Waals surface area contributed by atoms with Crippen molar-refractivity contribution < 1.29 is 0 Å². The molecule has 2 saturated heterocycles. The van der Waals surface area contributed by atoms with E-state index in [1.54, 1.807) is 0 Å². The lowest BCUT2D eigenvalue weighted by atomic mass is 10.0. The predicted octanol–water partition coefficient (Wildman–Crippen LogP) is 1.17. The van der Waals surface area contributed by atoms with E-state index >= 15 is 0 Å². The van der Waals surface area contributed by atoms with Gasteiger partial charge in [0.25, 0.3) is 0 Å². The first-order valence-corrected chi connectivity index (χ1v) is 5.14. The molecule has 2 aliphatic heterocycles. The van der Waals surface area contributed by atoms with E-state index < -0.39 is 0 Å². The Labute approximate surface area is 75.5 Å². The minimum Gasteiger partial charge on any atom is -0.302 e. The van der Waals surface area contributed by atoms with Crippen LogP contribution in [0.25, 0.3) is 0 Å². The van der Waals surface area contributed by atoms with Gasteiger partial charge in [-0.05, 0) is 33.7 Å². The Balaban J connectivity index is 2.04. The second kappa shape index (κ2) is 3.00. The van der Waals surface area contributed by atoms with Crippen LogP contribution in [0.15, 0.2) is 0 Å². The van der Waals surface area contributed by atoms with Gasteiger partial charge in [-0.3, -0.25) is 4.90 Å². The quantitative estimate of drug-likeness (QED) is 0.580. The van der Waals surface area contributed by atoms with Gasteiger partial charge in [-0.15, -0.1) is 0 Å². The molecule has 2 rings (SSSR count). The molecule has 0 aliphatic carbocycles. The van der Waals surface area contributed by atoms with Gasteiger partial charge in [-0.25, -0.2) is 0 Å². The molecule has 0 amide bonds. The van der Waals surface area contributed by atoms with E-state index in [-0.39, 0.29) is 0 Å². The van der Waals surface area contributed by atoms with Crippen molar-refractivity contribution in [3.8, 4) is 0 Å². The van der Waals surface area contributed by atoms with Crippen LogP contribution in [-0.4, -0.2) is 48.1 Å². The van der Waals surface area contributed by atoms with Crippen LogP contribution in [0, 0.1) is 0 Å².